The summed E-state index contributed by atoms with van der Waals surface area (Å²) in [5.41, 5.74) is -0.0227. The Morgan fingerprint density at radius 1 is 1.50 bits per heavy atom. The minimum Gasteiger partial charge on any atom is -0.478 e. The first-order valence-electron chi connectivity index (χ1n) is 5.80. The molecule has 1 fully saturated rings. The average Bonchev–Trinajstić information content (AvgIpc) is 2.30. The van der Waals surface area contributed by atoms with Crippen LogP contribution in [0.4, 0.5) is 10.1 Å². The van der Waals surface area contributed by atoms with Crippen LogP contribution in [0.1, 0.15) is 30.6 Å². The molecule has 2 rings (SSSR count). The van der Waals surface area contributed by atoms with E-state index in [0.717, 1.165) is 6.07 Å². The van der Waals surface area contributed by atoms with Crippen molar-refractivity contribution in [2.45, 2.75) is 32.4 Å². The van der Waals surface area contributed by atoms with Crippen LogP contribution in [0.2, 0.25) is 0 Å². The number of hydrogen-bond acceptors (Lipinski definition) is 3. The number of aliphatic hydroxyl groups excluding tert-OH is 1. The van der Waals surface area contributed by atoms with Crippen molar-refractivity contribution >= 4 is 11.7 Å². The van der Waals surface area contributed by atoms with Gasteiger partial charge in [-0.05, 0) is 24.6 Å². The van der Waals surface area contributed by atoms with Crippen LogP contribution in [-0.4, -0.2) is 28.3 Å². The zero-order valence-electron chi connectivity index (χ0n) is 10.3. The lowest BCUT2D eigenvalue weighted by atomic mass is 9.64. The molecule has 1 aliphatic rings. The Morgan fingerprint density at radius 2 is 2.17 bits per heavy atom. The molecule has 4 nitrogen and oxygen atoms in total. The summed E-state index contributed by atoms with van der Waals surface area (Å²) in [6.45, 7) is 3.81. The molecule has 0 spiro atoms. The molecule has 98 valence electrons. The fraction of sp³-hybridized carbons (Fsp3) is 0.462. The summed E-state index contributed by atoms with van der Waals surface area (Å²) in [7, 11) is 0. The van der Waals surface area contributed by atoms with Gasteiger partial charge in [-0.3, -0.25) is 0 Å². The Balaban J connectivity index is 2.23. The van der Waals surface area contributed by atoms with Crippen LogP contribution >= 0.6 is 0 Å². The quantitative estimate of drug-likeness (QED) is 0.771. The number of anilines is 1. The lowest BCUT2D eigenvalue weighted by Gasteiger charge is -2.50. The number of carboxylic acid groups (broad SMARTS) is 1. The molecule has 18 heavy (non-hydrogen) atoms. The maximum Gasteiger partial charge on any atom is 0.337 e. The molecule has 3 N–H and O–H groups in total. The van der Waals surface area contributed by atoms with Gasteiger partial charge in [0.05, 0.1) is 11.7 Å². The van der Waals surface area contributed by atoms with Gasteiger partial charge in [-0.1, -0.05) is 13.8 Å². The molecule has 1 aliphatic carbocycles. The van der Waals surface area contributed by atoms with Gasteiger partial charge in [-0.15, -0.1) is 0 Å². The number of aromatic carboxylic acids is 1. The second-order valence-electron chi connectivity index (χ2n) is 5.26. The predicted octanol–water partition coefficient (Wildman–Crippen LogP) is 2.10. The topological polar surface area (TPSA) is 69.6 Å². The molecule has 0 radical (unpaired) electrons. The van der Waals surface area contributed by atoms with Crippen molar-refractivity contribution in [3.8, 4) is 0 Å². The van der Waals surface area contributed by atoms with E-state index in [4.69, 9.17) is 5.11 Å². The molecule has 0 heterocycles. The molecule has 0 aromatic heterocycles. The SMILES string of the molecule is CC1(C)C(O)CC1Nc1ccc(F)cc1C(=O)O. The second-order valence-corrected chi connectivity index (χ2v) is 5.26. The fourth-order valence-corrected chi connectivity index (χ4v) is 2.15. The number of benzene rings is 1. The monoisotopic (exact) mass is 253 g/mol. The number of hydrogen-bond donors (Lipinski definition) is 3. The summed E-state index contributed by atoms with van der Waals surface area (Å²) in [5.74, 6) is -1.75. The Labute approximate surface area is 104 Å². The predicted molar refractivity (Wildman–Crippen MR) is 65.2 cm³/mol. The smallest absolute Gasteiger partial charge is 0.337 e. The highest BCUT2D eigenvalue weighted by Gasteiger charge is 2.47. The zero-order chi connectivity index (χ0) is 13.5. The molecule has 5 heteroatoms. The van der Waals surface area contributed by atoms with Gasteiger partial charge >= 0.3 is 5.97 Å². The summed E-state index contributed by atoms with van der Waals surface area (Å²) in [5, 5.41) is 21.7. The van der Waals surface area contributed by atoms with Crippen LogP contribution in [0.3, 0.4) is 0 Å². The fourth-order valence-electron chi connectivity index (χ4n) is 2.15. The van der Waals surface area contributed by atoms with Crippen LogP contribution < -0.4 is 5.32 Å². The van der Waals surface area contributed by atoms with Crippen molar-refractivity contribution in [2.24, 2.45) is 5.41 Å². The number of rotatable bonds is 3. The molecule has 1 aromatic carbocycles. The lowest BCUT2D eigenvalue weighted by molar-refractivity contribution is -0.0510. The molecule has 0 saturated heterocycles. The van der Waals surface area contributed by atoms with Crippen LogP contribution in [-0.2, 0) is 0 Å². The summed E-state index contributed by atoms with van der Waals surface area (Å²) in [4.78, 5) is 11.0. The highest BCUT2D eigenvalue weighted by atomic mass is 19.1. The van der Waals surface area contributed by atoms with Crippen molar-refractivity contribution in [3.63, 3.8) is 0 Å². The summed E-state index contributed by atoms with van der Waals surface area (Å²) >= 11 is 0. The van der Waals surface area contributed by atoms with E-state index < -0.39 is 17.9 Å². The zero-order valence-corrected chi connectivity index (χ0v) is 10.3. The lowest BCUT2D eigenvalue weighted by Crippen LogP contribution is -2.57. The van der Waals surface area contributed by atoms with Crippen molar-refractivity contribution in [3.05, 3.63) is 29.6 Å². The van der Waals surface area contributed by atoms with Gasteiger partial charge in [-0.25, -0.2) is 9.18 Å². The third-order valence-corrected chi connectivity index (χ3v) is 3.76. The van der Waals surface area contributed by atoms with Crippen LogP contribution in [0.25, 0.3) is 0 Å². The minimum absolute atomic E-state index is 0.0175. The Hall–Kier alpha value is -1.62. The highest BCUT2D eigenvalue weighted by Crippen LogP contribution is 2.42. The molecule has 0 amide bonds. The van der Waals surface area contributed by atoms with E-state index in [1.807, 2.05) is 13.8 Å². The van der Waals surface area contributed by atoms with E-state index in [-0.39, 0.29) is 17.0 Å². The van der Waals surface area contributed by atoms with Gasteiger partial charge < -0.3 is 15.5 Å². The third-order valence-electron chi connectivity index (χ3n) is 3.76. The number of halogens is 1. The van der Waals surface area contributed by atoms with Crippen molar-refractivity contribution < 1.29 is 19.4 Å². The van der Waals surface area contributed by atoms with Crippen molar-refractivity contribution in [2.75, 3.05) is 5.32 Å². The van der Waals surface area contributed by atoms with E-state index in [9.17, 15) is 14.3 Å². The molecular formula is C13H16FNO3. The number of aliphatic hydroxyl groups is 1. The standard InChI is InChI=1S/C13H16FNO3/c1-13(2)10(6-11(13)16)15-9-4-3-7(14)5-8(9)12(17)18/h3-5,10-11,15-16H,6H2,1-2H3,(H,17,18). The largest absolute Gasteiger partial charge is 0.478 e. The van der Waals surface area contributed by atoms with E-state index in [0.29, 0.717) is 12.1 Å². The number of carboxylic acids is 1. The van der Waals surface area contributed by atoms with Crippen molar-refractivity contribution in [1.82, 2.24) is 0 Å². The second kappa shape index (κ2) is 4.24. The Kier molecular flexibility index (Phi) is 3.02. The van der Waals surface area contributed by atoms with Gasteiger partial charge in [0.1, 0.15) is 5.82 Å². The normalized spacial score (nSPS) is 25.3. The first-order chi connectivity index (χ1) is 8.32. The van der Waals surface area contributed by atoms with E-state index in [2.05, 4.69) is 5.32 Å². The number of carbonyl (C=O) groups is 1. The Morgan fingerprint density at radius 3 is 2.67 bits per heavy atom. The van der Waals surface area contributed by atoms with E-state index in [1.54, 1.807) is 0 Å². The average molecular weight is 253 g/mol. The van der Waals surface area contributed by atoms with Gasteiger partial charge in [0.2, 0.25) is 0 Å². The molecule has 1 saturated carbocycles. The summed E-state index contributed by atoms with van der Waals surface area (Å²) in [6, 6.07) is 3.61. The highest BCUT2D eigenvalue weighted by molar-refractivity contribution is 5.94. The molecule has 2 unspecified atom stereocenters. The van der Waals surface area contributed by atoms with Gasteiger partial charge in [0.15, 0.2) is 0 Å². The van der Waals surface area contributed by atoms with E-state index in [1.165, 1.54) is 12.1 Å². The maximum atomic E-state index is 13.0. The van der Waals surface area contributed by atoms with Crippen LogP contribution in [0, 0.1) is 11.2 Å². The summed E-state index contributed by atoms with van der Waals surface area (Å²) in [6.07, 6.45) is 0.160. The first-order valence-corrected chi connectivity index (χ1v) is 5.80. The Bertz CT molecular complexity index is 487. The molecule has 0 aliphatic heterocycles. The van der Waals surface area contributed by atoms with E-state index >= 15 is 0 Å². The van der Waals surface area contributed by atoms with Crippen LogP contribution in [0.15, 0.2) is 18.2 Å². The number of nitrogens with one attached hydrogen (secondary N) is 1. The van der Waals surface area contributed by atoms with Crippen LogP contribution in [0.5, 0.6) is 0 Å². The van der Waals surface area contributed by atoms with Gasteiger partial charge in [0, 0.05) is 17.1 Å². The maximum absolute atomic E-state index is 13.0. The minimum atomic E-state index is -1.17. The molecule has 0 bridgehead atoms. The van der Waals surface area contributed by atoms with Gasteiger partial charge in [-0.2, -0.15) is 0 Å². The third kappa shape index (κ3) is 2.06. The first kappa shape index (κ1) is 12.8. The molecule has 2 atom stereocenters. The van der Waals surface area contributed by atoms with Crippen molar-refractivity contribution in [1.29, 1.82) is 0 Å². The van der Waals surface area contributed by atoms with Gasteiger partial charge in [0.25, 0.3) is 0 Å². The summed E-state index contributed by atoms with van der Waals surface area (Å²) < 4.78 is 13.0. The molecule has 1 aromatic rings. The molecular weight excluding hydrogens is 237 g/mol.